The van der Waals surface area contributed by atoms with Crippen LogP contribution in [0, 0.1) is 36.5 Å². The van der Waals surface area contributed by atoms with E-state index in [0.717, 1.165) is 28.1 Å². The SMILES string of the molecule is Cc1cc(C=CC#N)cc(C)c1Nc1nc(Nc2ccc(C#N)cc2)ncc1NC=O. The van der Waals surface area contributed by atoms with Crippen LogP contribution in [-0.4, -0.2) is 16.4 Å². The molecule has 0 spiro atoms. The summed E-state index contributed by atoms with van der Waals surface area (Å²) in [7, 11) is 0. The topological polar surface area (TPSA) is 127 Å². The maximum atomic E-state index is 11.0. The van der Waals surface area contributed by atoms with Crippen molar-refractivity contribution in [2.75, 3.05) is 16.0 Å². The summed E-state index contributed by atoms with van der Waals surface area (Å²) in [5.41, 5.74) is 5.36. The number of hydrogen-bond donors (Lipinski definition) is 3. The molecule has 8 nitrogen and oxygen atoms in total. The molecule has 0 fully saturated rings. The van der Waals surface area contributed by atoms with E-state index in [-0.39, 0.29) is 0 Å². The molecule has 0 unspecified atom stereocenters. The highest BCUT2D eigenvalue weighted by Crippen LogP contribution is 2.30. The average Bonchev–Trinajstić information content (AvgIpc) is 2.77. The fraction of sp³-hybridized carbons (Fsp3) is 0.0870. The Balaban J connectivity index is 1.93. The number of carbonyl (C=O) groups excluding carboxylic acids is 1. The molecule has 0 atom stereocenters. The standard InChI is InChI=1S/C23H19N7O/c1-15-10-18(4-3-9-24)11-16(2)21(15)29-22-20(27-14-31)13-26-23(30-22)28-19-7-5-17(12-25)6-8-19/h3-8,10-11,13-14H,1-2H3,(H,27,31)(H2,26,28,29,30). The third-order valence-corrected chi connectivity index (χ3v) is 4.42. The number of benzene rings is 2. The molecule has 1 heterocycles. The number of anilines is 5. The summed E-state index contributed by atoms with van der Waals surface area (Å²) in [5, 5.41) is 26.6. The second-order valence-electron chi connectivity index (χ2n) is 6.65. The number of carbonyl (C=O) groups is 1. The Morgan fingerprint density at radius 1 is 1.03 bits per heavy atom. The zero-order valence-electron chi connectivity index (χ0n) is 17.0. The summed E-state index contributed by atoms with van der Waals surface area (Å²) in [6, 6.07) is 14.9. The largest absolute Gasteiger partial charge is 0.338 e. The van der Waals surface area contributed by atoms with Crippen LogP contribution >= 0.6 is 0 Å². The van der Waals surface area contributed by atoms with Crippen LogP contribution in [0.2, 0.25) is 0 Å². The number of nitrogens with zero attached hydrogens (tertiary/aromatic N) is 4. The quantitative estimate of drug-likeness (QED) is 0.386. The third-order valence-electron chi connectivity index (χ3n) is 4.42. The highest BCUT2D eigenvalue weighted by Gasteiger charge is 2.11. The van der Waals surface area contributed by atoms with Crippen LogP contribution in [0.5, 0.6) is 0 Å². The first-order chi connectivity index (χ1) is 15.0. The molecule has 8 heteroatoms. The predicted molar refractivity (Wildman–Crippen MR) is 120 cm³/mol. The lowest BCUT2D eigenvalue weighted by Gasteiger charge is -2.16. The van der Waals surface area contributed by atoms with Crippen LogP contribution in [0.25, 0.3) is 6.08 Å². The molecular formula is C23H19N7O. The van der Waals surface area contributed by atoms with Crippen LogP contribution in [0.4, 0.5) is 28.8 Å². The Morgan fingerprint density at radius 2 is 1.74 bits per heavy atom. The van der Waals surface area contributed by atoms with E-state index in [2.05, 4.69) is 32.0 Å². The average molecular weight is 409 g/mol. The summed E-state index contributed by atoms with van der Waals surface area (Å²) < 4.78 is 0. The Labute approximate surface area is 179 Å². The molecule has 3 aromatic rings. The van der Waals surface area contributed by atoms with Gasteiger partial charge in [-0.2, -0.15) is 15.5 Å². The van der Waals surface area contributed by atoms with E-state index in [0.29, 0.717) is 29.4 Å². The van der Waals surface area contributed by atoms with Gasteiger partial charge in [0.25, 0.3) is 0 Å². The third kappa shape index (κ3) is 5.22. The van der Waals surface area contributed by atoms with Gasteiger partial charge in [-0.3, -0.25) is 4.79 Å². The van der Waals surface area contributed by atoms with Crippen molar-refractivity contribution in [3.8, 4) is 12.1 Å². The van der Waals surface area contributed by atoms with Crippen molar-refractivity contribution in [1.82, 2.24) is 9.97 Å². The minimum atomic E-state index is 0.326. The molecule has 1 aromatic heterocycles. The summed E-state index contributed by atoms with van der Waals surface area (Å²) in [5.74, 6) is 0.747. The number of rotatable bonds is 7. The van der Waals surface area contributed by atoms with Crippen LogP contribution in [0.3, 0.4) is 0 Å². The van der Waals surface area contributed by atoms with E-state index in [1.807, 2.05) is 32.0 Å². The lowest BCUT2D eigenvalue weighted by atomic mass is 10.0. The first kappa shape index (κ1) is 21.0. The van der Waals surface area contributed by atoms with E-state index in [1.54, 1.807) is 30.3 Å². The Hall–Kier alpha value is -4.69. The normalized spacial score (nSPS) is 10.2. The molecule has 1 amide bonds. The van der Waals surface area contributed by atoms with Crippen LogP contribution in [0.15, 0.2) is 48.7 Å². The number of allylic oxidation sites excluding steroid dienone is 1. The minimum Gasteiger partial charge on any atom is -0.338 e. The van der Waals surface area contributed by atoms with E-state index in [1.165, 1.54) is 12.3 Å². The Kier molecular flexibility index (Phi) is 6.57. The van der Waals surface area contributed by atoms with E-state index >= 15 is 0 Å². The number of nitriles is 2. The lowest BCUT2D eigenvalue weighted by molar-refractivity contribution is -0.105. The van der Waals surface area contributed by atoms with Gasteiger partial charge in [-0.15, -0.1) is 0 Å². The van der Waals surface area contributed by atoms with Crippen molar-refractivity contribution in [2.45, 2.75) is 13.8 Å². The van der Waals surface area contributed by atoms with Gasteiger partial charge in [-0.1, -0.05) is 0 Å². The summed E-state index contributed by atoms with van der Waals surface area (Å²) in [6.07, 6.45) is 5.24. The number of aryl methyl sites for hydroxylation is 2. The van der Waals surface area contributed by atoms with E-state index in [4.69, 9.17) is 10.5 Å². The predicted octanol–water partition coefficient (Wildman–Crippen LogP) is 4.56. The van der Waals surface area contributed by atoms with Crippen molar-refractivity contribution in [1.29, 1.82) is 10.5 Å². The monoisotopic (exact) mass is 409 g/mol. The number of aromatic nitrogens is 2. The van der Waals surface area contributed by atoms with Crippen molar-refractivity contribution >= 4 is 41.3 Å². The molecular weight excluding hydrogens is 390 g/mol. The molecule has 2 aromatic carbocycles. The molecule has 3 N–H and O–H groups in total. The molecule has 0 aliphatic rings. The van der Waals surface area contributed by atoms with Crippen molar-refractivity contribution < 1.29 is 4.79 Å². The number of amides is 1. The van der Waals surface area contributed by atoms with Crippen LogP contribution in [0.1, 0.15) is 22.3 Å². The Morgan fingerprint density at radius 3 is 2.35 bits per heavy atom. The molecule has 0 aliphatic carbocycles. The molecule has 152 valence electrons. The summed E-state index contributed by atoms with van der Waals surface area (Å²) >= 11 is 0. The van der Waals surface area contributed by atoms with Crippen LogP contribution < -0.4 is 16.0 Å². The first-order valence-corrected chi connectivity index (χ1v) is 9.33. The lowest BCUT2D eigenvalue weighted by Crippen LogP contribution is -2.07. The second-order valence-corrected chi connectivity index (χ2v) is 6.65. The van der Waals surface area contributed by atoms with Gasteiger partial charge in [0, 0.05) is 17.5 Å². The maximum Gasteiger partial charge on any atom is 0.229 e. The van der Waals surface area contributed by atoms with E-state index in [9.17, 15) is 4.79 Å². The fourth-order valence-corrected chi connectivity index (χ4v) is 3.01. The fourth-order valence-electron chi connectivity index (χ4n) is 3.01. The molecule has 0 bridgehead atoms. The summed E-state index contributed by atoms with van der Waals surface area (Å²) in [6.45, 7) is 3.89. The zero-order chi connectivity index (χ0) is 22.2. The molecule has 0 saturated heterocycles. The minimum absolute atomic E-state index is 0.326. The molecule has 0 radical (unpaired) electrons. The van der Waals surface area contributed by atoms with E-state index < -0.39 is 0 Å². The van der Waals surface area contributed by atoms with Crippen LogP contribution in [-0.2, 0) is 4.79 Å². The van der Waals surface area contributed by atoms with Gasteiger partial charge >= 0.3 is 0 Å². The number of hydrogen-bond acceptors (Lipinski definition) is 7. The van der Waals surface area contributed by atoms with Gasteiger partial charge in [0.15, 0.2) is 5.82 Å². The van der Waals surface area contributed by atoms with Crippen molar-refractivity contribution in [3.63, 3.8) is 0 Å². The van der Waals surface area contributed by atoms with Gasteiger partial charge in [0.2, 0.25) is 12.4 Å². The highest BCUT2D eigenvalue weighted by atomic mass is 16.1. The maximum absolute atomic E-state index is 11.0. The van der Waals surface area contributed by atoms with Gasteiger partial charge in [0.1, 0.15) is 5.69 Å². The molecule has 31 heavy (non-hydrogen) atoms. The van der Waals surface area contributed by atoms with Crippen molar-refractivity contribution in [2.24, 2.45) is 0 Å². The van der Waals surface area contributed by atoms with Gasteiger partial charge in [0.05, 0.1) is 23.9 Å². The molecule has 0 saturated carbocycles. The van der Waals surface area contributed by atoms with Crippen molar-refractivity contribution in [3.05, 3.63) is 70.9 Å². The summed E-state index contributed by atoms with van der Waals surface area (Å²) in [4.78, 5) is 19.8. The van der Waals surface area contributed by atoms with Gasteiger partial charge < -0.3 is 16.0 Å². The zero-order valence-corrected chi connectivity index (χ0v) is 17.0. The smallest absolute Gasteiger partial charge is 0.229 e. The van der Waals surface area contributed by atoms with Gasteiger partial charge in [-0.25, -0.2) is 4.98 Å². The molecule has 3 rings (SSSR count). The van der Waals surface area contributed by atoms with Gasteiger partial charge in [-0.05, 0) is 73.0 Å². The molecule has 0 aliphatic heterocycles. The second kappa shape index (κ2) is 9.68. The first-order valence-electron chi connectivity index (χ1n) is 9.33. The Bertz CT molecular complexity index is 1200. The highest BCUT2D eigenvalue weighted by molar-refractivity contribution is 5.82. The number of nitrogens with one attached hydrogen (secondary N) is 3.